The van der Waals surface area contributed by atoms with Crippen molar-refractivity contribution in [2.24, 2.45) is 0 Å². The molecule has 2 rings (SSSR count). The van der Waals surface area contributed by atoms with Crippen molar-refractivity contribution in [3.05, 3.63) is 59.2 Å². The molecular weight excluding hydrogens is 276 g/mol. The van der Waals surface area contributed by atoms with Gasteiger partial charge in [0, 0.05) is 13.1 Å². The van der Waals surface area contributed by atoms with E-state index in [0.717, 1.165) is 35.7 Å². The molecule has 4 nitrogen and oxygen atoms in total. The maximum absolute atomic E-state index is 8.78. The minimum Gasteiger partial charge on any atom is -0.493 e. The number of ether oxygens (including phenoxy) is 2. The molecule has 0 radical (unpaired) electrons. The van der Waals surface area contributed by atoms with Crippen LogP contribution in [-0.4, -0.2) is 13.7 Å². The summed E-state index contributed by atoms with van der Waals surface area (Å²) in [5.74, 6) is 1.51. The Labute approximate surface area is 131 Å². The fraction of sp³-hybridized carbons (Fsp3) is 0.278. The molecule has 2 aromatic carbocycles. The molecule has 0 saturated heterocycles. The van der Waals surface area contributed by atoms with Crippen LogP contribution in [0.25, 0.3) is 0 Å². The van der Waals surface area contributed by atoms with Crippen molar-refractivity contribution in [2.75, 3.05) is 13.7 Å². The first kappa shape index (κ1) is 15.9. The van der Waals surface area contributed by atoms with E-state index in [4.69, 9.17) is 14.7 Å². The van der Waals surface area contributed by atoms with E-state index in [2.05, 4.69) is 11.4 Å². The van der Waals surface area contributed by atoms with Crippen LogP contribution in [0.5, 0.6) is 11.5 Å². The number of hydrogen-bond donors (Lipinski definition) is 1. The fourth-order valence-corrected chi connectivity index (χ4v) is 2.15. The summed E-state index contributed by atoms with van der Waals surface area (Å²) < 4.78 is 10.9. The van der Waals surface area contributed by atoms with E-state index in [1.807, 2.05) is 49.4 Å². The zero-order valence-corrected chi connectivity index (χ0v) is 12.9. The van der Waals surface area contributed by atoms with Gasteiger partial charge in [0.25, 0.3) is 0 Å². The zero-order valence-electron chi connectivity index (χ0n) is 12.9. The van der Waals surface area contributed by atoms with Crippen LogP contribution in [0.1, 0.15) is 23.6 Å². The van der Waals surface area contributed by atoms with Gasteiger partial charge in [-0.25, -0.2) is 0 Å². The standard InChI is InChI=1S/C18H20N2O2/c1-3-22-18-10-16(8-9-17(18)21-2)13-20-12-15-6-4-14(11-19)5-7-15/h4-10,20H,3,12-13H2,1-2H3. The number of methoxy groups -OCH3 is 1. The van der Waals surface area contributed by atoms with Gasteiger partial charge in [0.05, 0.1) is 25.3 Å². The minimum atomic E-state index is 0.610. The van der Waals surface area contributed by atoms with Crippen LogP contribution in [-0.2, 0) is 13.1 Å². The summed E-state index contributed by atoms with van der Waals surface area (Å²) >= 11 is 0. The largest absolute Gasteiger partial charge is 0.493 e. The zero-order chi connectivity index (χ0) is 15.8. The van der Waals surface area contributed by atoms with Crippen molar-refractivity contribution in [1.82, 2.24) is 5.32 Å². The summed E-state index contributed by atoms with van der Waals surface area (Å²) in [6.45, 7) is 4.06. The van der Waals surface area contributed by atoms with Gasteiger partial charge in [0.1, 0.15) is 0 Å². The molecule has 4 heteroatoms. The highest BCUT2D eigenvalue weighted by Gasteiger charge is 2.05. The first-order valence-corrected chi connectivity index (χ1v) is 7.26. The average Bonchev–Trinajstić information content (AvgIpc) is 2.56. The first-order valence-electron chi connectivity index (χ1n) is 7.26. The lowest BCUT2D eigenvalue weighted by Crippen LogP contribution is -2.12. The van der Waals surface area contributed by atoms with Crippen LogP contribution in [0, 0.1) is 11.3 Å². The highest BCUT2D eigenvalue weighted by molar-refractivity contribution is 5.43. The quantitative estimate of drug-likeness (QED) is 0.852. The van der Waals surface area contributed by atoms with Crippen LogP contribution in [0.2, 0.25) is 0 Å². The predicted octanol–water partition coefficient (Wildman–Crippen LogP) is 3.26. The Morgan fingerprint density at radius 2 is 1.68 bits per heavy atom. The van der Waals surface area contributed by atoms with E-state index in [-0.39, 0.29) is 0 Å². The highest BCUT2D eigenvalue weighted by atomic mass is 16.5. The van der Waals surface area contributed by atoms with E-state index in [1.165, 1.54) is 0 Å². The molecule has 0 saturated carbocycles. The molecule has 0 aromatic heterocycles. The van der Waals surface area contributed by atoms with Crippen molar-refractivity contribution in [2.45, 2.75) is 20.0 Å². The Balaban J connectivity index is 1.93. The Kier molecular flexibility index (Phi) is 5.81. The van der Waals surface area contributed by atoms with Crippen molar-refractivity contribution in [3.8, 4) is 17.6 Å². The molecule has 0 fully saturated rings. The molecule has 114 valence electrons. The van der Waals surface area contributed by atoms with Gasteiger partial charge in [-0.3, -0.25) is 0 Å². The Hall–Kier alpha value is -2.51. The number of nitrogens with zero attached hydrogens (tertiary/aromatic N) is 1. The lowest BCUT2D eigenvalue weighted by Gasteiger charge is -2.11. The molecule has 0 unspecified atom stereocenters. The molecule has 0 aliphatic heterocycles. The van der Waals surface area contributed by atoms with Gasteiger partial charge >= 0.3 is 0 Å². The third-order valence-corrected chi connectivity index (χ3v) is 3.27. The third kappa shape index (κ3) is 4.24. The van der Waals surface area contributed by atoms with Gasteiger partial charge < -0.3 is 14.8 Å². The van der Waals surface area contributed by atoms with Crippen LogP contribution in [0.15, 0.2) is 42.5 Å². The lowest BCUT2D eigenvalue weighted by molar-refractivity contribution is 0.310. The molecular formula is C18H20N2O2. The number of hydrogen-bond acceptors (Lipinski definition) is 4. The van der Waals surface area contributed by atoms with E-state index in [9.17, 15) is 0 Å². The molecule has 0 heterocycles. The van der Waals surface area contributed by atoms with Gasteiger partial charge in [-0.05, 0) is 42.3 Å². The van der Waals surface area contributed by atoms with E-state index >= 15 is 0 Å². The summed E-state index contributed by atoms with van der Waals surface area (Å²) in [6, 6.07) is 15.6. The predicted molar refractivity (Wildman–Crippen MR) is 85.9 cm³/mol. The molecule has 0 atom stereocenters. The first-order chi connectivity index (χ1) is 10.8. The van der Waals surface area contributed by atoms with Crippen molar-refractivity contribution in [3.63, 3.8) is 0 Å². The Morgan fingerprint density at radius 1 is 1.00 bits per heavy atom. The fourth-order valence-electron chi connectivity index (χ4n) is 2.15. The molecule has 0 amide bonds. The molecule has 0 spiro atoms. The monoisotopic (exact) mass is 296 g/mol. The molecule has 1 N–H and O–H groups in total. The highest BCUT2D eigenvalue weighted by Crippen LogP contribution is 2.27. The van der Waals surface area contributed by atoms with Crippen LogP contribution in [0.3, 0.4) is 0 Å². The van der Waals surface area contributed by atoms with Gasteiger partial charge in [-0.1, -0.05) is 18.2 Å². The van der Waals surface area contributed by atoms with Gasteiger partial charge in [-0.2, -0.15) is 5.26 Å². The lowest BCUT2D eigenvalue weighted by atomic mass is 10.1. The van der Waals surface area contributed by atoms with Crippen molar-refractivity contribution in [1.29, 1.82) is 5.26 Å². The molecule has 0 aliphatic carbocycles. The van der Waals surface area contributed by atoms with Crippen LogP contribution < -0.4 is 14.8 Å². The normalized spacial score (nSPS) is 10.0. The van der Waals surface area contributed by atoms with Crippen molar-refractivity contribution < 1.29 is 9.47 Å². The third-order valence-electron chi connectivity index (χ3n) is 3.27. The molecule has 22 heavy (non-hydrogen) atoms. The van der Waals surface area contributed by atoms with Crippen molar-refractivity contribution >= 4 is 0 Å². The SMILES string of the molecule is CCOc1cc(CNCc2ccc(C#N)cc2)ccc1OC. The molecule has 0 bridgehead atoms. The molecule has 2 aromatic rings. The van der Waals surface area contributed by atoms with Crippen LogP contribution in [0.4, 0.5) is 0 Å². The second kappa shape index (κ2) is 8.06. The summed E-state index contributed by atoms with van der Waals surface area (Å²) in [7, 11) is 1.64. The van der Waals surface area contributed by atoms with E-state index in [1.54, 1.807) is 7.11 Å². The Bertz CT molecular complexity index is 645. The van der Waals surface area contributed by atoms with Gasteiger partial charge in [-0.15, -0.1) is 0 Å². The maximum atomic E-state index is 8.78. The second-order valence-electron chi connectivity index (χ2n) is 4.83. The Morgan fingerprint density at radius 3 is 2.32 bits per heavy atom. The number of rotatable bonds is 7. The summed E-state index contributed by atoms with van der Waals surface area (Å²) in [6.07, 6.45) is 0. The van der Waals surface area contributed by atoms with Gasteiger partial charge in [0.15, 0.2) is 11.5 Å². The number of nitriles is 1. The second-order valence-corrected chi connectivity index (χ2v) is 4.83. The molecule has 0 aliphatic rings. The number of nitrogens with one attached hydrogen (secondary N) is 1. The summed E-state index contributed by atoms with van der Waals surface area (Å²) in [5, 5.41) is 12.2. The van der Waals surface area contributed by atoms with E-state index in [0.29, 0.717) is 12.2 Å². The smallest absolute Gasteiger partial charge is 0.161 e. The maximum Gasteiger partial charge on any atom is 0.161 e. The summed E-state index contributed by atoms with van der Waals surface area (Å²) in [5.41, 5.74) is 2.97. The summed E-state index contributed by atoms with van der Waals surface area (Å²) in [4.78, 5) is 0. The topological polar surface area (TPSA) is 54.3 Å². The van der Waals surface area contributed by atoms with Gasteiger partial charge in [0.2, 0.25) is 0 Å². The van der Waals surface area contributed by atoms with Crippen LogP contribution >= 0.6 is 0 Å². The minimum absolute atomic E-state index is 0.610. The van der Waals surface area contributed by atoms with E-state index < -0.39 is 0 Å². The average molecular weight is 296 g/mol. The number of benzene rings is 2.